The van der Waals surface area contributed by atoms with Gasteiger partial charge in [-0.15, -0.1) is 0 Å². The lowest BCUT2D eigenvalue weighted by Crippen LogP contribution is -2.57. The van der Waals surface area contributed by atoms with Gasteiger partial charge < -0.3 is 15.5 Å². The van der Waals surface area contributed by atoms with Crippen molar-refractivity contribution in [3.05, 3.63) is 0 Å². The third-order valence-electron chi connectivity index (χ3n) is 4.01. The highest BCUT2D eigenvalue weighted by Crippen LogP contribution is 2.21. The Balaban J connectivity index is 2.42. The first-order chi connectivity index (χ1) is 8.73. The van der Waals surface area contributed by atoms with Gasteiger partial charge in [0.25, 0.3) is 0 Å². The minimum absolute atomic E-state index is 0.130. The molecule has 1 aliphatic rings. The molecule has 1 saturated heterocycles. The molecule has 1 amide bonds. The van der Waals surface area contributed by atoms with E-state index in [-0.39, 0.29) is 11.4 Å². The molecule has 0 aliphatic carbocycles. The van der Waals surface area contributed by atoms with Crippen LogP contribution in [0.2, 0.25) is 0 Å². The lowest BCUT2D eigenvalue weighted by atomic mass is 9.87. The largest absolute Gasteiger partial charge is 0.348 e. The minimum Gasteiger partial charge on any atom is -0.348 e. The summed E-state index contributed by atoms with van der Waals surface area (Å²) >= 11 is 0. The number of hydrogen-bond donors (Lipinski definition) is 1. The number of nitrogens with zero attached hydrogens (tertiary/aromatic N) is 3. The zero-order chi connectivity index (χ0) is 14.6. The quantitative estimate of drug-likeness (QED) is 0.776. The fourth-order valence-electron chi connectivity index (χ4n) is 2.61. The van der Waals surface area contributed by atoms with Gasteiger partial charge in [0.1, 0.15) is 0 Å². The van der Waals surface area contributed by atoms with Crippen LogP contribution in [0.3, 0.4) is 0 Å². The second kappa shape index (κ2) is 6.68. The maximum Gasteiger partial charge on any atom is 0.236 e. The molecule has 0 unspecified atom stereocenters. The lowest BCUT2D eigenvalue weighted by molar-refractivity contribution is -0.129. The molecule has 5 nitrogen and oxygen atoms in total. The SMILES string of the molecule is CC(C)N1CCC(N)(CN(C)CC(=O)N(C)C)CC1. The van der Waals surface area contributed by atoms with Gasteiger partial charge in [-0.3, -0.25) is 9.69 Å². The van der Waals surface area contributed by atoms with E-state index in [0.717, 1.165) is 32.5 Å². The van der Waals surface area contributed by atoms with Crippen molar-refractivity contribution in [1.82, 2.24) is 14.7 Å². The molecule has 2 N–H and O–H groups in total. The molecule has 19 heavy (non-hydrogen) atoms. The first kappa shape index (κ1) is 16.4. The minimum atomic E-state index is -0.146. The number of hydrogen-bond acceptors (Lipinski definition) is 4. The molecule has 0 aromatic carbocycles. The monoisotopic (exact) mass is 270 g/mol. The summed E-state index contributed by atoms with van der Waals surface area (Å²) in [5, 5.41) is 0. The van der Waals surface area contributed by atoms with Gasteiger partial charge in [0.05, 0.1) is 6.54 Å². The molecule has 0 atom stereocenters. The van der Waals surface area contributed by atoms with E-state index in [0.29, 0.717) is 12.6 Å². The van der Waals surface area contributed by atoms with Crippen molar-refractivity contribution in [2.45, 2.75) is 38.3 Å². The lowest BCUT2D eigenvalue weighted by Gasteiger charge is -2.42. The van der Waals surface area contributed by atoms with Gasteiger partial charge in [0, 0.05) is 45.3 Å². The highest BCUT2D eigenvalue weighted by atomic mass is 16.2. The first-order valence-electron chi connectivity index (χ1n) is 7.15. The molecule has 1 heterocycles. The Morgan fingerprint density at radius 2 is 1.79 bits per heavy atom. The zero-order valence-corrected chi connectivity index (χ0v) is 13.1. The molecule has 0 radical (unpaired) electrons. The third kappa shape index (κ3) is 5.09. The summed E-state index contributed by atoms with van der Waals surface area (Å²) in [5.41, 5.74) is 6.33. The number of piperidine rings is 1. The van der Waals surface area contributed by atoms with Crippen LogP contribution in [0.25, 0.3) is 0 Å². The summed E-state index contributed by atoms with van der Waals surface area (Å²) in [6.45, 7) is 7.81. The van der Waals surface area contributed by atoms with Crippen molar-refractivity contribution in [2.24, 2.45) is 5.73 Å². The van der Waals surface area contributed by atoms with Crippen LogP contribution in [-0.2, 0) is 4.79 Å². The normalized spacial score (nSPS) is 20.0. The predicted molar refractivity (Wildman–Crippen MR) is 79.1 cm³/mol. The van der Waals surface area contributed by atoms with Crippen LogP contribution >= 0.6 is 0 Å². The number of likely N-dealkylation sites (tertiary alicyclic amines) is 1. The van der Waals surface area contributed by atoms with E-state index in [2.05, 4.69) is 18.7 Å². The molecule has 0 saturated carbocycles. The van der Waals surface area contributed by atoms with Crippen LogP contribution in [0.4, 0.5) is 0 Å². The Hall–Kier alpha value is -0.650. The van der Waals surface area contributed by atoms with E-state index in [9.17, 15) is 4.79 Å². The van der Waals surface area contributed by atoms with Gasteiger partial charge >= 0.3 is 0 Å². The van der Waals surface area contributed by atoms with Crippen molar-refractivity contribution in [2.75, 3.05) is 47.3 Å². The standard InChI is InChI=1S/C14H30N4O/c1-12(2)18-8-6-14(15,7-9-18)11-17(5)10-13(19)16(3)4/h12H,6-11,15H2,1-5H3. The maximum atomic E-state index is 11.7. The summed E-state index contributed by atoms with van der Waals surface area (Å²) in [6, 6.07) is 0.595. The Morgan fingerprint density at radius 1 is 1.26 bits per heavy atom. The third-order valence-corrected chi connectivity index (χ3v) is 4.01. The second-order valence-corrected chi connectivity index (χ2v) is 6.45. The van der Waals surface area contributed by atoms with E-state index < -0.39 is 0 Å². The van der Waals surface area contributed by atoms with E-state index in [1.165, 1.54) is 0 Å². The van der Waals surface area contributed by atoms with Crippen molar-refractivity contribution >= 4 is 5.91 Å². The maximum absolute atomic E-state index is 11.7. The van der Waals surface area contributed by atoms with Crippen molar-refractivity contribution in [3.63, 3.8) is 0 Å². The molecule has 0 aromatic rings. The van der Waals surface area contributed by atoms with Gasteiger partial charge in [0.2, 0.25) is 5.91 Å². The van der Waals surface area contributed by atoms with Crippen molar-refractivity contribution < 1.29 is 4.79 Å². The highest BCUT2D eigenvalue weighted by Gasteiger charge is 2.32. The average Bonchev–Trinajstić information content (AvgIpc) is 2.28. The topological polar surface area (TPSA) is 52.8 Å². The molecular formula is C14H30N4O. The molecule has 0 aromatic heterocycles. The Morgan fingerprint density at radius 3 is 2.21 bits per heavy atom. The van der Waals surface area contributed by atoms with Crippen LogP contribution in [0.1, 0.15) is 26.7 Å². The first-order valence-corrected chi connectivity index (χ1v) is 7.15. The van der Waals surface area contributed by atoms with Gasteiger partial charge in [-0.05, 0) is 33.7 Å². The number of rotatable bonds is 5. The van der Waals surface area contributed by atoms with Gasteiger partial charge in [-0.25, -0.2) is 0 Å². The molecule has 1 aliphatic heterocycles. The van der Waals surface area contributed by atoms with Crippen LogP contribution in [0, 0.1) is 0 Å². The molecule has 1 fully saturated rings. The molecule has 1 rings (SSSR count). The van der Waals surface area contributed by atoms with E-state index in [1.807, 2.05) is 11.9 Å². The average molecular weight is 270 g/mol. The van der Waals surface area contributed by atoms with Gasteiger partial charge in [-0.2, -0.15) is 0 Å². The smallest absolute Gasteiger partial charge is 0.236 e. The second-order valence-electron chi connectivity index (χ2n) is 6.45. The van der Waals surface area contributed by atoms with Crippen LogP contribution in [0.5, 0.6) is 0 Å². The Labute approximate surface area is 117 Å². The Kier molecular flexibility index (Phi) is 5.77. The summed E-state index contributed by atoms with van der Waals surface area (Å²) < 4.78 is 0. The van der Waals surface area contributed by atoms with Gasteiger partial charge in [-0.1, -0.05) is 0 Å². The summed E-state index contributed by atoms with van der Waals surface area (Å²) in [6.07, 6.45) is 2.01. The molecular weight excluding hydrogens is 240 g/mol. The van der Waals surface area contributed by atoms with E-state index in [4.69, 9.17) is 5.73 Å². The van der Waals surface area contributed by atoms with Crippen molar-refractivity contribution in [3.8, 4) is 0 Å². The van der Waals surface area contributed by atoms with E-state index in [1.54, 1.807) is 19.0 Å². The number of likely N-dealkylation sites (N-methyl/N-ethyl adjacent to an activating group) is 2. The molecule has 0 spiro atoms. The fourth-order valence-corrected chi connectivity index (χ4v) is 2.61. The predicted octanol–water partition coefficient (Wildman–Crippen LogP) is 0.208. The molecule has 112 valence electrons. The van der Waals surface area contributed by atoms with Gasteiger partial charge in [0.15, 0.2) is 0 Å². The summed E-state index contributed by atoms with van der Waals surface area (Å²) in [4.78, 5) is 17.8. The van der Waals surface area contributed by atoms with Crippen LogP contribution < -0.4 is 5.73 Å². The summed E-state index contributed by atoms with van der Waals surface area (Å²) in [7, 11) is 5.55. The van der Waals surface area contributed by atoms with Crippen molar-refractivity contribution in [1.29, 1.82) is 0 Å². The number of carbonyl (C=O) groups is 1. The number of nitrogens with two attached hydrogens (primary N) is 1. The number of amides is 1. The zero-order valence-electron chi connectivity index (χ0n) is 13.1. The van der Waals surface area contributed by atoms with Crippen LogP contribution in [0.15, 0.2) is 0 Å². The highest BCUT2D eigenvalue weighted by molar-refractivity contribution is 5.77. The fraction of sp³-hybridized carbons (Fsp3) is 0.929. The summed E-state index contributed by atoms with van der Waals surface area (Å²) in [5.74, 6) is 0.130. The molecule has 5 heteroatoms. The van der Waals surface area contributed by atoms with Crippen LogP contribution in [-0.4, -0.2) is 79.5 Å². The number of carbonyl (C=O) groups excluding carboxylic acids is 1. The Bertz CT molecular complexity index is 296. The molecule has 0 bridgehead atoms. The van der Waals surface area contributed by atoms with E-state index >= 15 is 0 Å².